The number of amides is 1. The van der Waals surface area contributed by atoms with Crippen molar-refractivity contribution in [3.05, 3.63) is 35.8 Å². The van der Waals surface area contributed by atoms with Crippen LogP contribution < -0.4 is 4.90 Å². The third-order valence-corrected chi connectivity index (χ3v) is 9.64. The monoisotopic (exact) mass is 538 g/mol. The van der Waals surface area contributed by atoms with Crippen molar-refractivity contribution in [2.45, 2.75) is 56.5 Å². The Bertz CT molecular complexity index is 1210. The Morgan fingerprint density at radius 1 is 1.32 bits per heavy atom. The number of hydrogen-bond acceptors (Lipinski definition) is 7. The molecule has 0 spiro atoms. The summed E-state index contributed by atoms with van der Waals surface area (Å²) in [6.45, 7) is 11.4. The number of aromatic nitrogens is 3. The van der Waals surface area contributed by atoms with E-state index in [9.17, 15) is 15.2 Å². The highest BCUT2D eigenvalue weighted by Gasteiger charge is 2.48. The average Bonchev–Trinajstić information content (AvgIpc) is 3.54. The number of nitriles is 1. The molecule has 12 heteroatoms. The van der Waals surface area contributed by atoms with E-state index in [0.717, 1.165) is 61.2 Å². The summed E-state index contributed by atoms with van der Waals surface area (Å²) >= 11 is 0. The van der Waals surface area contributed by atoms with Gasteiger partial charge in [-0.1, -0.05) is 19.6 Å². The topological polar surface area (TPSA) is 126 Å². The maximum atomic E-state index is 11.2. The van der Waals surface area contributed by atoms with Gasteiger partial charge in [-0.2, -0.15) is 10.4 Å². The highest BCUT2D eigenvalue weighted by molar-refractivity contribution is 6.76. The molecule has 2 aromatic rings. The first-order valence-corrected chi connectivity index (χ1v) is 17.1. The summed E-state index contributed by atoms with van der Waals surface area (Å²) in [6, 6.07) is 5.89. The fourth-order valence-electron chi connectivity index (χ4n) is 5.61. The van der Waals surface area contributed by atoms with Crippen molar-refractivity contribution in [3.8, 4) is 6.07 Å². The second-order valence-corrected chi connectivity index (χ2v) is 17.5. The predicted octanol–water partition coefficient (Wildman–Crippen LogP) is 3.21. The van der Waals surface area contributed by atoms with Crippen LogP contribution in [0.1, 0.15) is 30.4 Å². The Morgan fingerprint density at radius 3 is 2.76 bits per heavy atom. The van der Waals surface area contributed by atoms with Gasteiger partial charge in [0.25, 0.3) is 0 Å². The van der Waals surface area contributed by atoms with Crippen LogP contribution in [0.15, 0.2) is 29.6 Å². The van der Waals surface area contributed by atoms with E-state index >= 15 is 0 Å². The zero-order valence-electron chi connectivity index (χ0n) is 22.6. The number of anilines is 1. The molecule has 5 rings (SSSR count). The average molecular weight is 539 g/mol. The third-order valence-electron chi connectivity index (χ3n) is 7.94. The molecule has 204 valence electrons. The molecule has 3 aliphatic heterocycles. The largest absolute Gasteiger partial charge is 0.465 e. The molecule has 3 aliphatic rings. The maximum Gasteiger partial charge on any atom is 0.407 e. The Balaban J connectivity index is 1.24. The molecule has 0 bridgehead atoms. The molecule has 1 amide bonds. The van der Waals surface area contributed by atoms with Gasteiger partial charge in [-0.25, -0.2) is 4.79 Å². The van der Waals surface area contributed by atoms with Gasteiger partial charge < -0.3 is 24.6 Å². The summed E-state index contributed by atoms with van der Waals surface area (Å²) in [5.41, 5.74) is 2.49. The van der Waals surface area contributed by atoms with Crippen molar-refractivity contribution < 1.29 is 14.6 Å². The minimum absolute atomic E-state index is 0.344. The van der Waals surface area contributed by atoms with E-state index in [2.05, 4.69) is 40.5 Å². The number of ether oxygens (including phenoxy) is 1. The first-order valence-electron chi connectivity index (χ1n) is 13.4. The van der Waals surface area contributed by atoms with E-state index in [0.29, 0.717) is 39.0 Å². The van der Waals surface area contributed by atoms with Crippen LogP contribution in [0.3, 0.4) is 0 Å². The zero-order chi connectivity index (χ0) is 26.9. The van der Waals surface area contributed by atoms with E-state index in [1.54, 1.807) is 0 Å². The SMILES string of the molecule is C[Si](C)(C)CCOCN1CN=C(c2cnn(C3(CC#N)CN(C4CCN(C(=O)O)CC4)C3)c2)c2cc[nH]c21. The number of hydrogen-bond donors (Lipinski definition) is 2. The van der Waals surface area contributed by atoms with E-state index in [1.165, 1.54) is 4.90 Å². The van der Waals surface area contributed by atoms with E-state index < -0.39 is 14.2 Å². The van der Waals surface area contributed by atoms with Crippen molar-refractivity contribution in [3.63, 3.8) is 0 Å². The van der Waals surface area contributed by atoms with Crippen molar-refractivity contribution in [1.29, 1.82) is 5.26 Å². The third kappa shape index (κ3) is 5.36. The van der Waals surface area contributed by atoms with Crippen molar-refractivity contribution in [1.82, 2.24) is 24.6 Å². The quantitative estimate of drug-likeness (QED) is 0.371. The number of rotatable bonds is 9. The molecule has 2 saturated heterocycles. The normalized spacial score (nSPS) is 20.0. The fourth-order valence-corrected chi connectivity index (χ4v) is 6.37. The van der Waals surface area contributed by atoms with Crippen molar-refractivity contribution >= 4 is 25.7 Å². The van der Waals surface area contributed by atoms with Crippen LogP contribution in [0.5, 0.6) is 0 Å². The lowest BCUT2D eigenvalue weighted by Crippen LogP contribution is -2.66. The number of carboxylic acid groups (broad SMARTS) is 1. The molecule has 11 nitrogen and oxygen atoms in total. The van der Waals surface area contributed by atoms with Gasteiger partial charge in [0.05, 0.1) is 24.4 Å². The first-order chi connectivity index (χ1) is 18.2. The smallest absolute Gasteiger partial charge is 0.407 e. The molecular formula is C26H38N8O3Si. The second-order valence-electron chi connectivity index (χ2n) is 11.9. The molecule has 0 unspecified atom stereocenters. The van der Waals surface area contributed by atoms with Gasteiger partial charge in [-0.05, 0) is 25.0 Å². The molecule has 0 radical (unpaired) electrons. The van der Waals surface area contributed by atoms with Crippen LogP contribution in [0.4, 0.5) is 10.6 Å². The molecule has 2 fully saturated rings. The Hall–Kier alpha value is -3.14. The molecule has 0 aliphatic carbocycles. The van der Waals surface area contributed by atoms with Crippen LogP contribution >= 0.6 is 0 Å². The summed E-state index contributed by atoms with van der Waals surface area (Å²) in [4.78, 5) is 25.5. The van der Waals surface area contributed by atoms with Gasteiger partial charge >= 0.3 is 6.09 Å². The number of aliphatic imine (C=N–C) groups is 1. The fraction of sp³-hybridized carbons (Fsp3) is 0.615. The number of nitrogens with zero attached hydrogens (tertiary/aromatic N) is 7. The summed E-state index contributed by atoms with van der Waals surface area (Å²) in [7, 11) is -1.13. The lowest BCUT2D eigenvalue weighted by molar-refractivity contribution is -0.0415. The highest BCUT2D eigenvalue weighted by atomic mass is 28.3. The Kier molecular flexibility index (Phi) is 7.35. The molecule has 0 aromatic carbocycles. The molecule has 0 atom stereocenters. The van der Waals surface area contributed by atoms with Crippen LogP contribution in [-0.2, 0) is 10.3 Å². The van der Waals surface area contributed by atoms with Crippen LogP contribution in [0.25, 0.3) is 0 Å². The molecule has 38 heavy (non-hydrogen) atoms. The van der Waals surface area contributed by atoms with E-state index in [4.69, 9.17) is 14.8 Å². The summed E-state index contributed by atoms with van der Waals surface area (Å²) in [6.07, 6.45) is 6.99. The predicted molar refractivity (Wildman–Crippen MR) is 147 cm³/mol. The number of piperidine rings is 1. The Morgan fingerprint density at radius 2 is 2.08 bits per heavy atom. The number of likely N-dealkylation sites (tertiary alicyclic amines) is 2. The zero-order valence-corrected chi connectivity index (χ0v) is 23.6. The molecule has 2 aromatic heterocycles. The lowest BCUT2D eigenvalue weighted by Gasteiger charge is -2.53. The Labute approximate surface area is 224 Å². The summed E-state index contributed by atoms with van der Waals surface area (Å²) < 4.78 is 7.93. The number of aromatic amines is 1. The van der Waals surface area contributed by atoms with Crippen LogP contribution in [0.2, 0.25) is 25.7 Å². The van der Waals surface area contributed by atoms with Gasteiger partial charge in [0.2, 0.25) is 0 Å². The highest BCUT2D eigenvalue weighted by Crippen LogP contribution is 2.36. The minimum Gasteiger partial charge on any atom is -0.465 e. The number of nitrogens with one attached hydrogen (secondary N) is 1. The minimum atomic E-state index is -1.13. The van der Waals surface area contributed by atoms with E-state index in [-0.39, 0.29) is 5.54 Å². The summed E-state index contributed by atoms with van der Waals surface area (Å²) in [5.74, 6) is 1.00. The molecule has 5 heterocycles. The van der Waals surface area contributed by atoms with Gasteiger partial charge in [0.15, 0.2) is 0 Å². The van der Waals surface area contributed by atoms with Gasteiger partial charge in [0, 0.05) is 70.4 Å². The molecule has 2 N–H and O–H groups in total. The second kappa shape index (κ2) is 10.6. The molecule has 0 saturated carbocycles. The van der Waals surface area contributed by atoms with Gasteiger partial charge in [0.1, 0.15) is 24.8 Å². The van der Waals surface area contributed by atoms with Gasteiger partial charge in [-0.15, -0.1) is 0 Å². The standard InChI is InChI=1S/C26H38N8O3Si/c1-38(2,3)13-12-37-19-33-18-29-23(22-4-9-28-24(22)33)20-14-30-34(15-20)26(7-8-27)16-32(17-26)21-5-10-31(11-6-21)25(35)36/h4,9,14-15,21,28H,5-7,10-13,16-19H2,1-3H3,(H,35,36). The number of carbonyl (C=O) groups is 1. The van der Waals surface area contributed by atoms with Crippen molar-refractivity contribution in [2.75, 3.05) is 51.1 Å². The van der Waals surface area contributed by atoms with Crippen LogP contribution in [0, 0.1) is 11.3 Å². The van der Waals surface area contributed by atoms with Crippen molar-refractivity contribution in [2.24, 2.45) is 4.99 Å². The number of H-pyrrole nitrogens is 1. The van der Waals surface area contributed by atoms with E-state index in [1.807, 2.05) is 29.3 Å². The van der Waals surface area contributed by atoms with Crippen LogP contribution in [-0.4, -0.2) is 102 Å². The first kappa shape index (κ1) is 26.5. The summed E-state index contributed by atoms with van der Waals surface area (Å²) in [5, 5.41) is 23.6. The lowest BCUT2D eigenvalue weighted by atomic mass is 9.84. The van der Waals surface area contributed by atoms with Gasteiger partial charge in [-0.3, -0.25) is 14.6 Å². The molecular weight excluding hydrogens is 500 g/mol. The number of fused-ring (bicyclic) bond motifs is 1. The maximum absolute atomic E-state index is 11.2.